The number of hydrogen-bond acceptors (Lipinski definition) is 3. The number of aromatic hydroxyl groups is 2. The first-order valence-corrected chi connectivity index (χ1v) is 7.49. The van der Waals surface area contributed by atoms with Crippen LogP contribution >= 0.6 is 0 Å². The van der Waals surface area contributed by atoms with Gasteiger partial charge in [0, 0.05) is 6.04 Å². The Labute approximate surface area is 114 Å². The lowest BCUT2D eigenvalue weighted by Gasteiger charge is -2.45. The van der Waals surface area contributed by atoms with Crippen LogP contribution in [0.1, 0.15) is 49.7 Å². The van der Waals surface area contributed by atoms with Crippen molar-refractivity contribution in [3.05, 3.63) is 23.3 Å². The van der Waals surface area contributed by atoms with Crippen molar-refractivity contribution in [2.75, 3.05) is 13.1 Å². The normalized spacial score (nSPS) is 26.8. The average molecular weight is 261 g/mol. The molecule has 2 aliphatic rings. The van der Waals surface area contributed by atoms with Gasteiger partial charge in [0.15, 0.2) is 11.5 Å². The maximum absolute atomic E-state index is 9.77. The third-order valence-electron chi connectivity index (χ3n) is 4.75. The molecule has 1 aromatic rings. The standard InChI is InChI=1S/C16H23NO2/c1-2-7-17-8-3-4-12-13-10-16(19)15(18)9-11(13)5-6-14(12)17/h9-10,12,14,18-19H,2-8H2,1H3/t12-,14-/m1/s1. The number of benzene rings is 1. The van der Waals surface area contributed by atoms with Crippen LogP contribution in [0.15, 0.2) is 12.1 Å². The molecule has 3 heteroatoms. The Bertz CT molecular complexity index is 470. The molecule has 0 amide bonds. The van der Waals surface area contributed by atoms with E-state index < -0.39 is 0 Å². The molecule has 3 nitrogen and oxygen atoms in total. The van der Waals surface area contributed by atoms with Crippen LogP contribution in [-0.2, 0) is 6.42 Å². The van der Waals surface area contributed by atoms with Gasteiger partial charge in [0.05, 0.1) is 0 Å². The Morgan fingerprint density at radius 3 is 2.79 bits per heavy atom. The number of likely N-dealkylation sites (tertiary alicyclic amines) is 1. The van der Waals surface area contributed by atoms with Gasteiger partial charge in [0.2, 0.25) is 0 Å². The maximum atomic E-state index is 9.77. The largest absolute Gasteiger partial charge is 0.504 e. The predicted molar refractivity (Wildman–Crippen MR) is 75.7 cm³/mol. The number of phenolic OH excluding ortho intramolecular Hbond substituents is 2. The number of phenols is 2. The molecule has 1 aliphatic heterocycles. The van der Waals surface area contributed by atoms with Gasteiger partial charge in [0.25, 0.3) is 0 Å². The van der Waals surface area contributed by atoms with Gasteiger partial charge in [-0.1, -0.05) is 6.92 Å². The fourth-order valence-corrected chi connectivity index (χ4v) is 3.94. The molecule has 3 rings (SSSR count). The summed E-state index contributed by atoms with van der Waals surface area (Å²) < 4.78 is 0. The van der Waals surface area contributed by atoms with E-state index in [0.717, 1.165) is 6.42 Å². The van der Waals surface area contributed by atoms with Gasteiger partial charge in [-0.3, -0.25) is 4.90 Å². The molecule has 0 spiro atoms. The van der Waals surface area contributed by atoms with E-state index in [1.165, 1.54) is 49.9 Å². The predicted octanol–water partition coefficient (Wildman–Crippen LogP) is 3.00. The lowest BCUT2D eigenvalue weighted by Crippen LogP contribution is -2.46. The minimum Gasteiger partial charge on any atom is -0.504 e. The number of piperidine rings is 1. The summed E-state index contributed by atoms with van der Waals surface area (Å²) in [6, 6.07) is 4.20. The topological polar surface area (TPSA) is 43.7 Å². The minimum absolute atomic E-state index is 0.0263. The molecule has 1 saturated heterocycles. The van der Waals surface area contributed by atoms with Crippen molar-refractivity contribution in [1.29, 1.82) is 0 Å². The van der Waals surface area contributed by atoms with Crippen molar-refractivity contribution >= 4 is 0 Å². The highest BCUT2D eigenvalue weighted by Crippen LogP contribution is 2.43. The summed E-state index contributed by atoms with van der Waals surface area (Å²) in [7, 11) is 0. The van der Waals surface area contributed by atoms with Crippen molar-refractivity contribution in [2.24, 2.45) is 0 Å². The van der Waals surface area contributed by atoms with Gasteiger partial charge in [-0.2, -0.15) is 0 Å². The highest BCUT2D eigenvalue weighted by atomic mass is 16.3. The van der Waals surface area contributed by atoms with E-state index in [4.69, 9.17) is 0 Å². The molecule has 1 aromatic carbocycles. The lowest BCUT2D eigenvalue weighted by molar-refractivity contribution is 0.112. The summed E-state index contributed by atoms with van der Waals surface area (Å²) in [5.74, 6) is 0.598. The van der Waals surface area contributed by atoms with Crippen LogP contribution in [0.5, 0.6) is 11.5 Å². The number of fused-ring (bicyclic) bond motifs is 3. The molecule has 2 N–H and O–H groups in total. The minimum atomic E-state index is 0.0263. The second-order valence-corrected chi connectivity index (χ2v) is 5.93. The highest BCUT2D eigenvalue weighted by molar-refractivity contribution is 5.48. The SMILES string of the molecule is CCCN1CCC[C@@H]2c3cc(O)c(O)cc3CC[C@H]21. The van der Waals surface area contributed by atoms with Crippen molar-refractivity contribution in [1.82, 2.24) is 4.90 Å². The van der Waals surface area contributed by atoms with Gasteiger partial charge >= 0.3 is 0 Å². The smallest absolute Gasteiger partial charge is 0.157 e. The van der Waals surface area contributed by atoms with Crippen LogP contribution < -0.4 is 0 Å². The molecule has 0 radical (unpaired) electrons. The van der Waals surface area contributed by atoms with Gasteiger partial charge in [-0.25, -0.2) is 0 Å². The molecule has 0 saturated carbocycles. The Kier molecular flexibility index (Phi) is 3.40. The molecular formula is C16H23NO2. The molecule has 104 valence electrons. The molecule has 19 heavy (non-hydrogen) atoms. The Morgan fingerprint density at radius 1 is 1.21 bits per heavy atom. The van der Waals surface area contributed by atoms with Gasteiger partial charge in [-0.15, -0.1) is 0 Å². The fourth-order valence-electron chi connectivity index (χ4n) is 3.94. The molecule has 1 aliphatic carbocycles. The lowest BCUT2D eigenvalue weighted by atomic mass is 9.74. The Balaban J connectivity index is 1.93. The summed E-state index contributed by atoms with van der Waals surface area (Å²) in [6.07, 6.45) is 5.85. The first-order valence-electron chi connectivity index (χ1n) is 7.49. The first-order chi connectivity index (χ1) is 9.20. The van der Waals surface area contributed by atoms with Gasteiger partial charge in [0.1, 0.15) is 0 Å². The van der Waals surface area contributed by atoms with Crippen LogP contribution in [0.2, 0.25) is 0 Å². The highest BCUT2D eigenvalue weighted by Gasteiger charge is 2.36. The van der Waals surface area contributed by atoms with E-state index in [0.29, 0.717) is 12.0 Å². The van der Waals surface area contributed by atoms with E-state index in [9.17, 15) is 10.2 Å². The zero-order valence-electron chi connectivity index (χ0n) is 11.6. The number of hydrogen-bond donors (Lipinski definition) is 2. The molecule has 2 atom stereocenters. The van der Waals surface area contributed by atoms with Crippen LogP contribution in [0.4, 0.5) is 0 Å². The Morgan fingerprint density at radius 2 is 2.00 bits per heavy atom. The third-order valence-corrected chi connectivity index (χ3v) is 4.75. The monoisotopic (exact) mass is 261 g/mol. The number of aryl methyl sites for hydroxylation is 1. The molecule has 0 unspecified atom stereocenters. The quantitative estimate of drug-likeness (QED) is 0.804. The number of rotatable bonds is 2. The number of nitrogens with zero attached hydrogens (tertiary/aromatic N) is 1. The van der Waals surface area contributed by atoms with E-state index >= 15 is 0 Å². The van der Waals surface area contributed by atoms with E-state index in [2.05, 4.69) is 11.8 Å². The zero-order chi connectivity index (χ0) is 13.4. The van der Waals surface area contributed by atoms with E-state index in [1.54, 1.807) is 12.1 Å². The second kappa shape index (κ2) is 5.04. The first kappa shape index (κ1) is 12.8. The summed E-state index contributed by atoms with van der Waals surface area (Å²) in [4.78, 5) is 2.63. The van der Waals surface area contributed by atoms with Crippen LogP contribution in [0.25, 0.3) is 0 Å². The molecule has 1 fully saturated rings. The zero-order valence-corrected chi connectivity index (χ0v) is 11.6. The molecule has 0 bridgehead atoms. The second-order valence-electron chi connectivity index (χ2n) is 5.93. The molecular weight excluding hydrogens is 238 g/mol. The van der Waals surface area contributed by atoms with Crippen molar-refractivity contribution < 1.29 is 10.2 Å². The fraction of sp³-hybridized carbons (Fsp3) is 0.625. The van der Waals surface area contributed by atoms with Gasteiger partial charge < -0.3 is 10.2 Å². The third kappa shape index (κ3) is 2.20. The summed E-state index contributed by atoms with van der Waals surface area (Å²) in [5.41, 5.74) is 2.50. The van der Waals surface area contributed by atoms with Crippen LogP contribution in [-0.4, -0.2) is 34.2 Å². The van der Waals surface area contributed by atoms with Crippen LogP contribution in [0, 0.1) is 0 Å². The summed E-state index contributed by atoms with van der Waals surface area (Å²) >= 11 is 0. The van der Waals surface area contributed by atoms with Crippen molar-refractivity contribution in [3.63, 3.8) is 0 Å². The molecule has 1 heterocycles. The van der Waals surface area contributed by atoms with E-state index in [-0.39, 0.29) is 11.5 Å². The summed E-state index contributed by atoms with van der Waals surface area (Å²) in [6.45, 7) is 4.64. The summed E-state index contributed by atoms with van der Waals surface area (Å²) in [5, 5.41) is 19.4. The average Bonchev–Trinajstić information content (AvgIpc) is 2.41. The van der Waals surface area contributed by atoms with Crippen molar-refractivity contribution in [2.45, 2.75) is 51.0 Å². The molecule has 0 aromatic heterocycles. The van der Waals surface area contributed by atoms with E-state index in [1.807, 2.05) is 0 Å². The van der Waals surface area contributed by atoms with Gasteiger partial charge in [-0.05, 0) is 74.4 Å². The van der Waals surface area contributed by atoms with Crippen molar-refractivity contribution in [3.8, 4) is 11.5 Å². The Hall–Kier alpha value is -1.22. The maximum Gasteiger partial charge on any atom is 0.157 e. The van der Waals surface area contributed by atoms with Crippen LogP contribution in [0.3, 0.4) is 0 Å².